The number of benzene rings is 1. The van der Waals surface area contributed by atoms with Gasteiger partial charge in [0.05, 0.1) is 6.10 Å². The van der Waals surface area contributed by atoms with Gasteiger partial charge in [-0.25, -0.2) is 0 Å². The number of aromatic nitrogens is 1. The molecule has 2 heterocycles. The lowest BCUT2D eigenvalue weighted by molar-refractivity contribution is 0.0708. The first kappa shape index (κ1) is 14.1. The first-order valence-corrected chi connectivity index (χ1v) is 7.34. The Labute approximate surface area is 123 Å². The standard InChI is InChI=1S/C16H21N3O2/c1-21-13-6-7-19(12(9-13)10-17)15-8-11-4-2-3-5-14(11)16(20)18-15/h2-5,8,12-13H,6-7,9-10,17H2,1H3,(H,18,20). The van der Waals surface area contributed by atoms with Gasteiger partial charge in [-0.1, -0.05) is 18.2 Å². The molecule has 3 N–H and O–H groups in total. The maximum atomic E-state index is 12.2. The van der Waals surface area contributed by atoms with Crippen molar-refractivity contribution in [2.24, 2.45) is 5.73 Å². The Kier molecular flexibility index (Phi) is 3.94. The molecule has 0 aliphatic carbocycles. The Morgan fingerprint density at radius 1 is 1.43 bits per heavy atom. The highest BCUT2D eigenvalue weighted by Gasteiger charge is 2.28. The van der Waals surface area contributed by atoms with Gasteiger partial charge < -0.3 is 20.4 Å². The maximum absolute atomic E-state index is 12.2. The molecular weight excluding hydrogens is 266 g/mol. The van der Waals surface area contributed by atoms with Crippen molar-refractivity contribution in [1.29, 1.82) is 0 Å². The van der Waals surface area contributed by atoms with Crippen LogP contribution in [0, 0.1) is 0 Å². The molecule has 112 valence electrons. The van der Waals surface area contributed by atoms with Crippen molar-refractivity contribution >= 4 is 16.6 Å². The van der Waals surface area contributed by atoms with Crippen LogP contribution in [0.4, 0.5) is 5.82 Å². The summed E-state index contributed by atoms with van der Waals surface area (Å²) in [4.78, 5) is 17.4. The van der Waals surface area contributed by atoms with E-state index in [2.05, 4.69) is 9.88 Å². The van der Waals surface area contributed by atoms with Gasteiger partial charge in [0.1, 0.15) is 5.82 Å². The molecule has 5 heteroatoms. The molecule has 2 unspecified atom stereocenters. The zero-order valence-electron chi connectivity index (χ0n) is 12.2. The lowest BCUT2D eigenvalue weighted by Gasteiger charge is -2.39. The summed E-state index contributed by atoms with van der Waals surface area (Å²) in [6.45, 7) is 1.39. The zero-order valence-corrected chi connectivity index (χ0v) is 12.2. The topological polar surface area (TPSA) is 71.3 Å². The number of hydrogen-bond donors (Lipinski definition) is 2. The van der Waals surface area contributed by atoms with Crippen LogP contribution in [-0.2, 0) is 4.74 Å². The highest BCUT2D eigenvalue weighted by molar-refractivity contribution is 5.83. The first-order chi connectivity index (χ1) is 10.2. The molecule has 1 aliphatic heterocycles. The lowest BCUT2D eigenvalue weighted by Crippen LogP contribution is -2.49. The van der Waals surface area contributed by atoms with E-state index >= 15 is 0 Å². The molecule has 2 atom stereocenters. The van der Waals surface area contributed by atoms with Crippen LogP contribution in [0.15, 0.2) is 35.1 Å². The lowest BCUT2D eigenvalue weighted by atomic mass is 9.99. The van der Waals surface area contributed by atoms with Crippen LogP contribution in [0.25, 0.3) is 10.8 Å². The number of rotatable bonds is 3. The molecule has 0 bridgehead atoms. The molecule has 0 saturated carbocycles. The second-order valence-electron chi connectivity index (χ2n) is 5.54. The number of fused-ring (bicyclic) bond motifs is 1. The number of nitrogens with two attached hydrogens (primary N) is 1. The number of hydrogen-bond acceptors (Lipinski definition) is 4. The summed E-state index contributed by atoms with van der Waals surface area (Å²) in [5.41, 5.74) is 5.86. The minimum atomic E-state index is -0.0484. The van der Waals surface area contributed by atoms with Gasteiger partial charge in [0.2, 0.25) is 0 Å². The summed E-state index contributed by atoms with van der Waals surface area (Å²) >= 11 is 0. The molecule has 0 radical (unpaired) electrons. The maximum Gasteiger partial charge on any atom is 0.257 e. The normalized spacial score (nSPS) is 22.7. The van der Waals surface area contributed by atoms with E-state index in [-0.39, 0.29) is 17.7 Å². The van der Waals surface area contributed by atoms with Gasteiger partial charge in [-0.15, -0.1) is 0 Å². The number of nitrogens with one attached hydrogen (secondary N) is 1. The Hall–Kier alpha value is -1.85. The van der Waals surface area contributed by atoms with Crippen molar-refractivity contribution in [3.05, 3.63) is 40.7 Å². The second-order valence-corrected chi connectivity index (χ2v) is 5.54. The molecule has 1 saturated heterocycles. The third-order valence-corrected chi connectivity index (χ3v) is 4.32. The van der Waals surface area contributed by atoms with E-state index in [0.717, 1.165) is 36.0 Å². The fourth-order valence-corrected chi connectivity index (χ4v) is 3.12. The number of aromatic amines is 1. The average Bonchev–Trinajstić information content (AvgIpc) is 2.54. The number of pyridine rings is 1. The first-order valence-electron chi connectivity index (χ1n) is 7.34. The van der Waals surface area contributed by atoms with E-state index in [1.165, 1.54) is 0 Å². The van der Waals surface area contributed by atoms with Gasteiger partial charge in [-0.3, -0.25) is 4.79 Å². The van der Waals surface area contributed by atoms with Gasteiger partial charge >= 0.3 is 0 Å². The summed E-state index contributed by atoms with van der Waals surface area (Å²) < 4.78 is 5.45. The van der Waals surface area contributed by atoms with E-state index in [1.54, 1.807) is 7.11 Å². The molecule has 5 nitrogen and oxygen atoms in total. The summed E-state index contributed by atoms with van der Waals surface area (Å²) in [6, 6.07) is 9.86. The predicted octanol–water partition coefficient (Wildman–Crippen LogP) is 1.47. The SMILES string of the molecule is COC1CCN(c2cc3ccccc3c(=O)[nH]2)C(CN)C1. The molecule has 1 fully saturated rings. The van der Waals surface area contributed by atoms with E-state index in [4.69, 9.17) is 10.5 Å². The summed E-state index contributed by atoms with van der Waals surface area (Å²) in [5, 5.41) is 1.68. The number of nitrogens with zero attached hydrogens (tertiary/aromatic N) is 1. The Morgan fingerprint density at radius 2 is 2.24 bits per heavy atom. The average molecular weight is 287 g/mol. The quantitative estimate of drug-likeness (QED) is 0.897. The molecule has 1 aromatic heterocycles. The number of ether oxygens (including phenoxy) is 1. The molecular formula is C16H21N3O2. The predicted molar refractivity (Wildman–Crippen MR) is 84.8 cm³/mol. The van der Waals surface area contributed by atoms with Crippen LogP contribution in [0.3, 0.4) is 0 Å². The van der Waals surface area contributed by atoms with Gasteiger partial charge in [0.15, 0.2) is 0 Å². The minimum absolute atomic E-state index is 0.0484. The largest absolute Gasteiger partial charge is 0.381 e. The van der Waals surface area contributed by atoms with Crippen LogP contribution in [0.2, 0.25) is 0 Å². The van der Waals surface area contributed by atoms with Crippen LogP contribution in [0.5, 0.6) is 0 Å². The van der Waals surface area contributed by atoms with E-state index in [9.17, 15) is 4.79 Å². The van der Waals surface area contributed by atoms with Crippen molar-refractivity contribution in [3.63, 3.8) is 0 Å². The van der Waals surface area contributed by atoms with Gasteiger partial charge in [-0.05, 0) is 30.4 Å². The van der Waals surface area contributed by atoms with Gasteiger partial charge in [-0.2, -0.15) is 0 Å². The van der Waals surface area contributed by atoms with Crippen LogP contribution < -0.4 is 16.2 Å². The summed E-state index contributed by atoms with van der Waals surface area (Å²) in [6.07, 6.45) is 2.09. The molecule has 0 spiro atoms. The third kappa shape index (κ3) is 2.66. The van der Waals surface area contributed by atoms with Gasteiger partial charge in [0, 0.05) is 31.6 Å². The van der Waals surface area contributed by atoms with Crippen LogP contribution in [-0.4, -0.2) is 37.3 Å². The van der Waals surface area contributed by atoms with Crippen molar-refractivity contribution in [3.8, 4) is 0 Å². The number of piperidine rings is 1. The summed E-state index contributed by atoms with van der Waals surface area (Å²) in [5.74, 6) is 0.851. The van der Waals surface area contributed by atoms with Crippen molar-refractivity contribution < 1.29 is 4.74 Å². The summed E-state index contributed by atoms with van der Waals surface area (Å²) in [7, 11) is 1.74. The van der Waals surface area contributed by atoms with Crippen molar-refractivity contribution in [2.45, 2.75) is 25.0 Å². The van der Waals surface area contributed by atoms with E-state index in [0.29, 0.717) is 6.54 Å². The fraction of sp³-hybridized carbons (Fsp3) is 0.438. The van der Waals surface area contributed by atoms with Crippen LogP contribution >= 0.6 is 0 Å². The van der Waals surface area contributed by atoms with Crippen molar-refractivity contribution in [2.75, 3.05) is 25.1 Å². The van der Waals surface area contributed by atoms with E-state index in [1.807, 2.05) is 30.3 Å². The van der Waals surface area contributed by atoms with Gasteiger partial charge in [0.25, 0.3) is 5.56 Å². The Bertz CT molecular complexity index is 683. The molecule has 3 rings (SSSR count). The Morgan fingerprint density at radius 3 is 3.00 bits per heavy atom. The van der Waals surface area contributed by atoms with E-state index < -0.39 is 0 Å². The van der Waals surface area contributed by atoms with Crippen molar-refractivity contribution in [1.82, 2.24) is 4.98 Å². The molecule has 1 aliphatic rings. The molecule has 21 heavy (non-hydrogen) atoms. The molecule has 1 aromatic carbocycles. The minimum Gasteiger partial charge on any atom is -0.381 e. The Balaban J connectivity index is 1.98. The highest BCUT2D eigenvalue weighted by Crippen LogP contribution is 2.25. The van der Waals surface area contributed by atoms with Crippen LogP contribution in [0.1, 0.15) is 12.8 Å². The zero-order chi connectivity index (χ0) is 14.8. The molecule has 2 aromatic rings. The highest BCUT2D eigenvalue weighted by atomic mass is 16.5. The number of methoxy groups -OCH3 is 1. The smallest absolute Gasteiger partial charge is 0.257 e. The monoisotopic (exact) mass is 287 g/mol. The second kappa shape index (κ2) is 5.87. The third-order valence-electron chi connectivity index (χ3n) is 4.32. The number of H-pyrrole nitrogens is 1. The molecule has 0 amide bonds. The fourth-order valence-electron chi connectivity index (χ4n) is 3.12. The number of anilines is 1.